The number of hydrogen-bond acceptors (Lipinski definition) is 5. The van der Waals surface area contributed by atoms with Crippen LogP contribution in [0.4, 0.5) is 17.1 Å². The first-order valence-corrected chi connectivity index (χ1v) is 8.15. The van der Waals surface area contributed by atoms with Crippen LogP contribution in [-0.2, 0) is 6.61 Å². The van der Waals surface area contributed by atoms with Crippen molar-refractivity contribution in [3.05, 3.63) is 94.0 Å². The molecule has 0 fully saturated rings. The quantitative estimate of drug-likeness (QED) is 0.487. The lowest BCUT2D eigenvalue weighted by Gasteiger charge is -2.10. The largest absolute Gasteiger partial charge is 0.489 e. The van der Waals surface area contributed by atoms with E-state index in [0.29, 0.717) is 18.0 Å². The summed E-state index contributed by atoms with van der Waals surface area (Å²) < 4.78 is 5.71. The Morgan fingerprint density at radius 1 is 1.04 bits per heavy atom. The number of hydrogen-bond donors (Lipinski definition) is 2. The number of nitrogens with zero attached hydrogens (tertiary/aromatic N) is 1. The molecule has 0 saturated carbocycles. The maximum absolute atomic E-state index is 11.3. The van der Waals surface area contributed by atoms with Crippen molar-refractivity contribution in [3.8, 4) is 5.75 Å². The van der Waals surface area contributed by atoms with Crippen LogP contribution < -0.4 is 15.8 Å². The number of anilines is 2. The van der Waals surface area contributed by atoms with Crippen molar-refractivity contribution in [1.82, 2.24) is 0 Å². The van der Waals surface area contributed by atoms with Crippen LogP contribution in [0.1, 0.15) is 15.9 Å². The van der Waals surface area contributed by atoms with Gasteiger partial charge in [0.2, 0.25) is 5.91 Å². The average Bonchev–Trinajstić information content (AvgIpc) is 2.68. The predicted molar refractivity (Wildman–Crippen MR) is 102 cm³/mol. The molecule has 136 valence electrons. The lowest BCUT2D eigenvalue weighted by molar-refractivity contribution is -0.383. The van der Waals surface area contributed by atoms with Gasteiger partial charge in [-0.25, -0.2) is 0 Å². The van der Waals surface area contributed by atoms with Gasteiger partial charge in [0.05, 0.1) is 4.92 Å². The zero-order valence-corrected chi connectivity index (χ0v) is 14.3. The van der Waals surface area contributed by atoms with Crippen LogP contribution in [-0.4, -0.2) is 10.8 Å². The molecule has 3 N–H and O–H groups in total. The Hall–Kier alpha value is -3.87. The molecule has 0 heterocycles. The number of nitro benzene ring substituents is 1. The highest BCUT2D eigenvalue weighted by atomic mass is 16.6. The molecule has 0 aliphatic heterocycles. The lowest BCUT2D eigenvalue weighted by Crippen LogP contribution is -2.11. The van der Waals surface area contributed by atoms with Crippen molar-refractivity contribution in [2.24, 2.45) is 5.73 Å². The summed E-state index contributed by atoms with van der Waals surface area (Å²) in [5.74, 6) is -0.0347. The second-order valence-corrected chi connectivity index (χ2v) is 5.78. The lowest BCUT2D eigenvalue weighted by atomic mass is 10.1. The Morgan fingerprint density at radius 3 is 2.37 bits per heavy atom. The van der Waals surface area contributed by atoms with Crippen LogP contribution in [0.15, 0.2) is 72.8 Å². The molecule has 0 bridgehead atoms. The molecular formula is C20H17N3O4. The Morgan fingerprint density at radius 2 is 1.74 bits per heavy atom. The zero-order chi connectivity index (χ0) is 19.2. The molecule has 7 nitrogen and oxygen atoms in total. The summed E-state index contributed by atoms with van der Waals surface area (Å²) in [5.41, 5.74) is 7.01. The van der Waals surface area contributed by atoms with Crippen LogP contribution in [0, 0.1) is 10.1 Å². The highest BCUT2D eigenvalue weighted by Gasteiger charge is 2.16. The fourth-order valence-corrected chi connectivity index (χ4v) is 2.47. The highest BCUT2D eigenvalue weighted by molar-refractivity contribution is 5.94. The zero-order valence-electron chi connectivity index (χ0n) is 14.3. The third-order valence-electron chi connectivity index (χ3n) is 3.86. The molecule has 0 spiro atoms. The van der Waals surface area contributed by atoms with Crippen LogP contribution in [0.5, 0.6) is 5.75 Å². The van der Waals surface area contributed by atoms with Gasteiger partial charge in [-0.3, -0.25) is 14.9 Å². The Kier molecular flexibility index (Phi) is 5.32. The molecule has 27 heavy (non-hydrogen) atoms. The third-order valence-corrected chi connectivity index (χ3v) is 3.86. The van der Waals surface area contributed by atoms with E-state index in [1.807, 2.05) is 30.3 Å². The standard InChI is InChI=1S/C20H17N3O4/c21-20(24)15-6-11-18(19(12-15)23(25)26)22-16-7-9-17(10-8-16)27-13-14-4-2-1-3-5-14/h1-12,22H,13H2,(H2,21,24). The number of primary amides is 1. The second-order valence-electron chi connectivity index (χ2n) is 5.78. The van der Waals surface area contributed by atoms with E-state index in [9.17, 15) is 14.9 Å². The molecule has 0 unspecified atom stereocenters. The van der Waals surface area contributed by atoms with Crippen molar-refractivity contribution >= 4 is 23.0 Å². The number of rotatable bonds is 7. The van der Waals surface area contributed by atoms with E-state index in [0.717, 1.165) is 11.6 Å². The van der Waals surface area contributed by atoms with E-state index in [-0.39, 0.29) is 16.9 Å². The van der Waals surface area contributed by atoms with Gasteiger partial charge in [0.1, 0.15) is 18.0 Å². The first kappa shape index (κ1) is 17.9. The number of amides is 1. The van der Waals surface area contributed by atoms with E-state index >= 15 is 0 Å². The Bertz CT molecular complexity index is 957. The summed E-state index contributed by atoms with van der Waals surface area (Å²) in [7, 11) is 0. The number of ether oxygens (including phenoxy) is 1. The summed E-state index contributed by atoms with van der Waals surface area (Å²) >= 11 is 0. The van der Waals surface area contributed by atoms with Crippen molar-refractivity contribution in [2.45, 2.75) is 6.61 Å². The molecule has 3 aromatic carbocycles. The molecule has 0 aliphatic rings. The van der Waals surface area contributed by atoms with E-state index in [4.69, 9.17) is 10.5 Å². The summed E-state index contributed by atoms with van der Waals surface area (Å²) in [6.45, 7) is 0.452. The Balaban J connectivity index is 1.71. The molecule has 3 aromatic rings. The minimum atomic E-state index is -0.718. The Labute approximate surface area is 155 Å². The number of nitrogens with one attached hydrogen (secondary N) is 1. The van der Waals surface area contributed by atoms with Crippen molar-refractivity contribution in [2.75, 3.05) is 5.32 Å². The van der Waals surface area contributed by atoms with Gasteiger partial charge in [0, 0.05) is 17.3 Å². The number of carbonyl (C=O) groups is 1. The topological polar surface area (TPSA) is 107 Å². The van der Waals surface area contributed by atoms with Gasteiger partial charge in [0.15, 0.2) is 0 Å². The van der Waals surface area contributed by atoms with Crippen molar-refractivity contribution in [1.29, 1.82) is 0 Å². The molecule has 7 heteroatoms. The monoisotopic (exact) mass is 363 g/mol. The van der Waals surface area contributed by atoms with E-state index in [2.05, 4.69) is 5.32 Å². The number of benzene rings is 3. The average molecular weight is 363 g/mol. The summed E-state index contributed by atoms with van der Waals surface area (Å²) in [6, 6.07) is 20.9. The summed E-state index contributed by atoms with van der Waals surface area (Å²) in [6.07, 6.45) is 0. The number of nitro groups is 1. The summed E-state index contributed by atoms with van der Waals surface area (Å²) in [5, 5.41) is 14.2. The van der Waals surface area contributed by atoms with Gasteiger partial charge in [-0.1, -0.05) is 30.3 Å². The van der Waals surface area contributed by atoms with Crippen LogP contribution in [0.25, 0.3) is 0 Å². The molecule has 3 rings (SSSR count). The second kappa shape index (κ2) is 8.01. The van der Waals surface area contributed by atoms with E-state index < -0.39 is 10.8 Å². The van der Waals surface area contributed by atoms with E-state index in [1.165, 1.54) is 12.1 Å². The maximum Gasteiger partial charge on any atom is 0.293 e. The normalized spacial score (nSPS) is 10.2. The molecule has 0 atom stereocenters. The van der Waals surface area contributed by atoms with Gasteiger partial charge in [-0.05, 0) is 42.0 Å². The fraction of sp³-hybridized carbons (Fsp3) is 0.0500. The van der Waals surface area contributed by atoms with Crippen molar-refractivity contribution < 1.29 is 14.5 Å². The first-order valence-electron chi connectivity index (χ1n) is 8.15. The number of nitrogens with two attached hydrogens (primary N) is 1. The van der Waals surface area contributed by atoms with Gasteiger partial charge in [-0.2, -0.15) is 0 Å². The fourth-order valence-electron chi connectivity index (χ4n) is 2.47. The minimum absolute atomic E-state index is 0.0805. The van der Waals surface area contributed by atoms with Crippen molar-refractivity contribution in [3.63, 3.8) is 0 Å². The molecular weight excluding hydrogens is 346 g/mol. The van der Waals surface area contributed by atoms with Crippen LogP contribution in [0.2, 0.25) is 0 Å². The van der Waals surface area contributed by atoms with Gasteiger partial charge in [0.25, 0.3) is 5.69 Å². The number of carbonyl (C=O) groups excluding carboxylic acids is 1. The van der Waals surface area contributed by atoms with Gasteiger partial charge in [-0.15, -0.1) is 0 Å². The smallest absolute Gasteiger partial charge is 0.293 e. The summed E-state index contributed by atoms with van der Waals surface area (Å²) in [4.78, 5) is 21.9. The van der Waals surface area contributed by atoms with Crippen LogP contribution in [0.3, 0.4) is 0 Å². The first-order chi connectivity index (χ1) is 13.0. The van der Waals surface area contributed by atoms with Crippen LogP contribution >= 0.6 is 0 Å². The SMILES string of the molecule is NC(=O)c1ccc(Nc2ccc(OCc3ccccc3)cc2)c([N+](=O)[O-])c1. The minimum Gasteiger partial charge on any atom is -0.489 e. The molecule has 0 aliphatic carbocycles. The van der Waals surface area contributed by atoms with Gasteiger partial charge < -0.3 is 15.8 Å². The van der Waals surface area contributed by atoms with E-state index in [1.54, 1.807) is 24.3 Å². The molecule has 0 saturated heterocycles. The van der Waals surface area contributed by atoms with Gasteiger partial charge >= 0.3 is 0 Å². The molecule has 0 aromatic heterocycles. The predicted octanol–water partition coefficient (Wildman–Crippen LogP) is 4.02. The molecule has 0 radical (unpaired) electrons. The maximum atomic E-state index is 11.3. The highest BCUT2D eigenvalue weighted by Crippen LogP contribution is 2.29. The third kappa shape index (κ3) is 4.60. The molecule has 1 amide bonds.